The molecule has 0 radical (unpaired) electrons. The number of carbonyl (C=O) groups excluding carboxylic acids is 1. The number of benzene rings is 1. The molecule has 0 saturated heterocycles. The van der Waals surface area contributed by atoms with Gasteiger partial charge in [0.25, 0.3) is 0 Å². The van der Waals surface area contributed by atoms with Crippen molar-refractivity contribution >= 4 is 17.5 Å². The molecule has 0 amide bonds. The van der Waals surface area contributed by atoms with E-state index < -0.39 is 0 Å². The Kier molecular flexibility index (Phi) is 6.17. The first-order valence-electron chi connectivity index (χ1n) is 5.46. The first-order chi connectivity index (χ1) is 7.33. The molecule has 0 spiro atoms. The van der Waals surface area contributed by atoms with Crippen LogP contribution in [0.25, 0.3) is 0 Å². The normalized spacial score (nSPS) is 10.2. The molecule has 0 aromatic heterocycles. The summed E-state index contributed by atoms with van der Waals surface area (Å²) in [4.78, 5) is 11.5. The fourth-order valence-corrected chi connectivity index (χ4v) is 2.14. The second kappa shape index (κ2) is 7.52. The van der Waals surface area contributed by atoms with Crippen LogP contribution in [-0.4, -0.2) is 17.3 Å². The summed E-state index contributed by atoms with van der Waals surface area (Å²) in [5.41, 5.74) is 1.26. The molecule has 0 N–H and O–H groups in total. The van der Waals surface area contributed by atoms with Crippen LogP contribution >= 0.6 is 11.8 Å². The number of aryl methyl sites for hydroxylation is 1. The van der Waals surface area contributed by atoms with Crippen LogP contribution < -0.4 is 0 Å². The van der Waals surface area contributed by atoms with Crippen molar-refractivity contribution in [2.45, 2.75) is 26.2 Å². The monoisotopic (exact) mass is 222 g/mol. The highest BCUT2D eigenvalue weighted by molar-refractivity contribution is 7.99. The van der Waals surface area contributed by atoms with Gasteiger partial charge >= 0.3 is 0 Å². The Morgan fingerprint density at radius 2 is 2.00 bits per heavy atom. The third-order valence-corrected chi connectivity index (χ3v) is 3.37. The third kappa shape index (κ3) is 5.63. The van der Waals surface area contributed by atoms with Crippen molar-refractivity contribution in [3.05, 3.63) is 35.9 Å². The summed E-state index contributed by atoms with van der Waals surface area (Å²) in [6, 6.07) is 10.2. The number of ketones is 1. The molecule has 1 nitrogen and oxygen atoms in total. The molecule has 0 unspecified atom stereocenters. The van der Waals surface area contributed by atoms with Crippen molar-refractivity contribution < 1.29 is 4.79 Å². The molecule has 0 aliphatic rings. The van der Waals surface area contributed by atoms with Gasteiger partial charge in [0.2, 0.25) is 0 Å². The molecule has 0 fully saturated rings. The zero-order valence-electron chi connectivity index (χ0n) is 9.24. The van der Waals surface area contributed by atoms with E-state index in [9.17, 15) is 4.79 Å². The molecule has 0 aliphatic carbocycles. The van der Waals surface area contributed by atoms with E-state index in [1.165, 1.54) is 5.56 Å². The van der Waals surface area contributed by atoms with Gasteiger partial charge in [-0.25, -0.2) is 0 Å². The van der Waals surface area contributed by atoms with Gasteiger partial charge in [-0.05, 0) is 24.2 Å². The largest absolute Gasteiger partial charge is 0.299 e. The number of thioether (sulfide) groups is 1. The smallest absolute Gasteiger partial charge is 0.143 e. The summed E-state index contributed by atoms with van der Waals surface area (Å²) in [6.45, 7) is 2.14. The highest BCUT2D eigenvalue weighted by Gasteiger charge is 2.02. The second-order valence-corrected chi connectivity index (χ2v) is 4.68. The van der Waals surface area contributed by atoms with E-state index in [1.54, 1.807) is 11.8 Å². The molecule has 0 bridgehead atoms. The lowest BCUT2D eigenvalue weighted by molar-refractivity contribution is -0.116. The van der Waals surface area contributed by atoms with Crippen molar-refractivity contribution in [1.82, 2.24) is 0 Å². The Morgan fingerprint density at radius 3 is 2.67 bits per heavy atom. The lowest BCUT2D eigenvalue weighted by Gasteiger charge is -2.01. The predicted octanol–water partition coefficient (Wildman–Crippen LogP) is 3.33. The lowest BCUT2D eigenvalue weighted by atomic mass is 10.1. The van der Waals surface area contributed by atoms with Gasteiger partial charge in [0.1, 0.15) is 5.78 Å². The maximum atomic E-state index is 11.5. The topological polar surface area (TPSA) is 17.1 Å². The van der Waals surface area contributed by atoms with Gasteiger partial charge in [-0.2, -0.15) is 11.8 Å². The predicted molar refractivity (Wildman–Crippen MR) is 67.4 cm³/mol. The van der Waals surface area contributed by atoms with Crippen LogP contribution in [0.3, 0.4) is 0 Å². The summed E-state index contributed by atoms with van der Waals surface area (Å²) in [7, 11) is 0. The van der Waals surface area contributed by atoms with Crippen molar-refractivity contribution in [3.8, 4) is 0 Å². The van der Waals surface area contributed by atoms with E-state index in [-0.39, 0.29) is 0 Å². The fraction of sp³-hybridized carbons (Fsp3) is 0.462. The van der Waals surface area contributed by atoms with E-state index in [0.29, 0.717) is 18.0 Å². The summed E-state index contributed by atoms with van der Waals surface area (Å²) < 4.78 is 0. The van der Waals surface area contributed by atoms with Crippen LogP contribution in [0, 0.1) is 0 Å². The molecule has 1 aromatic carbocycles. The number of rotatable bonds is 7. The van der Waals surface area contributed by atoms with Crippen molar-refractivity contribution in [1.29, 1.82) is 0 Å². The van der Waals surface area contributed by atoms with Crippen molar-refractivity contribution in [2.75, 3.05) is 11.5 Å². The van der Waals surface area contributed by atoms with Crippen LogP contribution in [-0.2, 0) is 11.2 Å². The van der Waals surface area contributed by atoms with Gasteiger partial charge in [-0.3, -0.25) is 4.79 Å². The maximum absolute atomic E-state index is 11.5. The van der Waals surface area contributed by atoms with Crippen LogP contribution in [0.5, 0.6) is 0 Å². The molecule has 0 atom stereocenters. The van der Waals surface area contributed by atoms with Gasteiger partial charge in [0.05, 0.1) is 5.75 Å². The molecular weight excluding hydrogens is 204 g/mol. The molecule has 0 heterocycles. The molecule has 0 saturated carbocycles. The SMILES string of the molecule is CCCSCC(=O)CCc1ccccc1. The quantitative estimate of drug-likeness (QED) is 0.658. The Morgan fingerprint density at radius 1 is 1.27 bits per heavy atom. The van der Waals surface area contributed by atoms with E-state index in [1.807, 2.05) is 18.2 Å². The molecule has 82 valence electrons. The first-order valence-corrected chi connectivity index (χ1v) is 6.61. The van der Waals surface area contributed by atoms with E-state index >= 15 is 0 Å². The Balaban J connectivity index is 2.17. The highest BCUT2D eigenvalue weighted by Crippen LogP contribution is 2.07. The molecule has 2 heteroatoms. The van der Waals surface area contributed by atoms with Crippen molar-refractivity contribution in [3.63, 3.8) is 0 Å². The Bertz CT molecular complexity index is 282. The van der Waals surface area contributed by atoms with Crippen LogP contribution in [0.15, 0.2) is 30.3 Å². The summed E-state index contributed by atoms with van der Waals surface area (Å²) in [5, 5.41) is 0. The van der Waals surface area contributed by atoms with Crippen LogP contribution in [0.4, 0.5) is 0 Å². The number of hydrogen-bond donors (Lipinski definition) is 0. The van der Waals surface area contributed by atoms with E-state index in [2.05, 4.69) is 19.1 Å². The fourth-order valence-electron chi connectivity index (χ4n) is 1.33. The minimum absolute atomic E-state index is 0.373. The van der Waals surface area contributed by atoms with E-state index in [0.717, 1.165) is 18.6 Å². The number of Topliss-reactive ketones (excluding diaryl/α,β-unsaturated/α-hetero) is 1. The van der Waals surface area contributed by atoms with Gasteiger partial charge in [0, 0.05) is 6.42 Å². The standard InChI is InChI=1S/C13H18OS/c1-2-10-15-11-13(14)9-8-12-6-4-3-5-7-12/h3-7H,2,8-11H2,1H3. The minimum atomic E-state index is 0.373. The third-order valence-electron chi connectivity index (χ3n) is 2.15. The lowest BCUT2D eigenvalue weighted by Crippen LogP contribution is -2.03. The number of carbonyl (C=O) groups is 1. The summed E-state index contributed by atoms with van der Waals surface area (Å²) in [5.74, 6) is 2.15. The van der Waals surface area contributed by atoms with Crippen LogP contribution in [0.2, 0.25) is 0 Å². The Hall–Kier alpha value is -0.760. The van der Waals surface area contributed by atoms with Gasteiger partial charge in [-0.1, -0.05) is 37.3 Å². The molecule has 1 aromatic rings. The van der Waals surface area contributed by atoms with E-state index in [4.69, 9.17) is 0 Å². The summed E-state index contributed by atoms with van der Waals surface area (Å²) >= 11 is 1.75. The first kappa shape index (κ1) is 12.3. The van der Waals surface area contributed by atoms with Crippen LogP contribution in [0.1, 0.15) is 25.3 Å². The summed E-state index contributed by atoms with van der Waals surface area (Å²) in [6.07, 6.45) is 2.71. The zero-order valence-corrected chi connectivity index (χ0v) is 10.1. The van der Waals surface area contributed by atoms with Gasteiger partial charge < -0.3 is 0 Å². The van der Waals surface area contributed by atoms with Gasteiger partial charge in [-0.15, -0.1) is 0 Å². The number of hydrogen-bond acceptors (Lipinski definition) is 2. The second-order valence-electron chi connectivity index (χ2n) is 3.58. The Labute approximate surface area is 96.3 Å². The zero-order chi connectivity index (χ0) is 10.9. The maximum Gasteiger partial charge on any atom is 0.143 e. The average Bonchev–Trinajstić information content (AvgIpc) is 2.28. The van der Waals surface area contributed by atoms with Gasteiger partial charge in [0.15, 0.2) is 0 Å². The molecule has 15 heavy (non-hydrogen) atoms. The molecule has 1 rings (SSSR count). The minimum Gasteiger partial charge on any atom is -0.299 e. The highest BCUT2D eigenvalue weighted by atomic mass is 32.2. The molecular formula is C13H18OS. The average molecular weight is 222 g/mol. The molecule has 0 aliphatic heterocycles. The van der Waals surface area contributed by atoms with Crippen molar-refractivity contribution in [2.24, 2.45) is 0 Å².